The Balaban J connectivity index is 2.15. The molecule has 0 aliphatic heterocycles. The van der Waals surface area contributed by atoms with E-state index in [0.29, 0.717) is 6.42 Å². The highest BCUT2D eigenvalue weighted by Gasteiger charge is 2.63. The van der Waals surface area contributed by atoms with Crippen LogP contribution in [0.1, 0.15) is 12.0 Å². The molecule has 1 saturated carbocycles. The summed E-state index contributed by atoms with van der Waals surface area (Å²) in [6, 6.07) is 9.91. The van der Waals surface area contributed by atoms with Crippen LogP contribution in [0.25, 0.3) is 6.08 Å². The van der Waals surface area contributed by atoms with E-state index in [1.54, 1.807) is 7.11 Å². The lowest BCUT2D eigenvalue weighted by Crippen LogP contribution is -2.15. The van der Waals surface area contributed by atoms with Crippen molar-refractivity contribution in [2.75, 3.05) is 21.3 Å². The highest BCUT2D eigenvalue weighted by Crippen LogP contribution is 2.67. The molecule has 1 fully saturated rings. The molecular weight excluding hydrogens is 263 g/mol. The Morgan fingerprint density at radius 2 is 1.84 bits per heavy atom. The van der Waals surface area contributed by atoms with Crippen LogP contribution in [0.3, 0.4) is 0 Å². The van der Waals surface area contributed by atoms with E-state index >= 15 is 0 Å². The maximum absolute atomic E-state index is 12.3. The molecule has 0 unspecified atom stereocenters. The molecule has 2 atom stereocenters. The smallest absolute Gasteiger partial charge is 0.336 e. The van der Waals surface area contributed by atoms with Crippen molar-refractivity contribution < 1.29 is 18.3 Å². The Hall–Kier alpha value is -0.930. The fourth-order valence-corrected chi connectivity index (χ4v) is 4.11. The third-order valence-electron chi connectivity index (χ3n) is 3.54. The highest BCUT2D eigenvalue weighted by atomic mass is 31.2. The molecule has 0 bridgehead atoms. The van der Waals surface area contributed by atoms with E-state index in [1.807, 2.05) is 42.5 Å². The molecule has 1 aromatic rings. The minimum absolute atomic E-state index is 0.236. The van der Waals surface area contributed by atoms with Gasteiger partial charge in [0.25, 0.3) is 0 Å². The minimum Gasteiger partial charge on any atom is -0.373 e. The largest absolute Gasteiger partial charge is 0.373 e. The van der Waals surface area contributed by atoms with Crippen molar-refractivity contribution in [1.82, 2.24) is 0 Å². The van der Waals surface area contributed by atoms with Crippen molar-refractivity contribution in [2.45, 2.75) is 17.7 Å². The summed E-state index contributed by atoms with van der Waals surface area (Å²) in [4.78, 5) is 0. The van der Waals surface area contributed by atoms with Crippen LogP contribution in [-0.4, -0.2) is 32.6 Å². The molecule has 0 N–H and O–H groups in total. The summed E-state index contributed by atoms with van der Waals surface area (Å²) in [7, 11) is 1.35. The number of ether oxygens (including phenoxy) is 1. The Morgan fingerprint density at radius 3 is 2.37 bits per heavy atom. The van der Waals surface area contributed by atoms with Gasteiger partial charge in [-0.2, -0.15) is 0 Å². The third kappa shape index (κ3) is 2.82. The first-order valence-corrected chi connectivity index (χ1v) is 7.72. The van der Waals surface area contributed by atoms with E-state index in [-0.39, 0.29) is 5.66 Å². The van der Waals surface area contributed by atoms with Crippen LogP contribution in [-0.2, 0) is 18.3 Å². The fraction of sp³-hybridized carbons (Fsp3) is 0.429. The van der Waals surface area contributed by atoms with Gasteiger partial charge in [-0.05, 0) is 12.0 Å². The molecule has 1 aliphatic carbocycles. The van der Waals surface area contributed by atoms with Crippen LogP contribution in [0.2, 0.25) is 0 Å². The molecule has 0 heterocycles. The number of hydrogen-bond donors (Lipinski definition) is 0. The zero-order valence-corrected chi connectivity index (χ0v) is 12.3. The monoisotopic (exact) mass is 282 g/mol. The first-order chi connectivity index (χ1) is 9.10. The lowest BCUT2D eigenvalue weighted by atomic mass is 10.2. The van der Waals surface area contributed by atoms with Gasteiger partial charge in [0, 0.05) is 21.3 Å². The summed E-state index contributed by atoms with van der Waals surface area (Å²) in [5.74, 6) is 0. The maximum atomic E-state index is 12.3. The molecule has 1 aromatic carbocycles. The second kappa shape index (κ2) is 5.59. The molecule has 1 aliphatic rings. The summed E-state index contributed by atoms with van der Waals surface area (Å²) in [6.07, 6.45) is 4.56. The summed E-state index contributed by atoms with van der Waals surface area (Å²) < 4.78 is 27.9. The van der Waals surface area contributed by atoms with Gasteiger partial charge in [-0.3, -0.25) is 4.57 Å². The Kier molecular flexibility index (Phi) is 4.26. The van der Waals surface area contributed by atoms with Crippen molar-refractivity contribution in [3.63, 3.8) is 0 Å². The minimum atomic E-state index is -3.08. The molecular formula is C14H19O4P. The Bertz CT molecular complexity index is 491. The van der Waals surface area contributed by atoms with Gasteiger partial charge in [0.2, 0.25) is 0 Å². The second-order valence-electron chi connectivity index (χ2n) is 4.53. The van der Waals surface area contributed by atoms with Crippen molar-refractivity contribution in [3.8, 4) is 0 Å². The second-order valence-corrected chi connectivity index (χ2v) is 6.96. The van der Waals surface area contributed by atoms with Gasteiger partial charge >= 0.3 is 7.60 Å². The van der Waals surface area contributed by atoms with Crippen LogP contribution in [0.15, 0.2) is 36.4 Å². The predicted octanol–water partition coefficient (Wildman–Crippen LogP) is 3.34. The van der Waals surface area contributed by atoms with E-state index in [1.165, 1.54) is 14.2 Å². The van der Waals surface area contributed by atoms with Crippen LogP contribution in [0.4, 0.5) is 0 Å². The average Bonchev–Trinajstić information content (AvgIpc) is 3.21. The average molecular weight is 282 g/mol. The lowest BCUT2D eigenvalue weighted by Gasteiger charge is -2.17. The normalized spacial score (nSPS) is 26.8. The summed E-state index contributed by atoms with van der Waals surface area (Å²) in [6.45, 7) is 0. The third-order valence-corrected chi connectivity index (χ3v) is 5.95. The molecule has 0 amide bonds. The first kappa shape index (κ1) is 14.5. The molecule has 104 valence electrons. The number of hydrogen-bond acceptors (Lipinski definition) is 4. The topological polar surface area (TPSA) is 44.8 Å². The van der Waals surface area contributed by atoms with Crippen molar-refractivity contribution in [3.05, 3.63) is 42.0 Å². The van der Waals surface area contributed by atoms with Gasteiger partial charge in [-0.15, -0.1) is 0 Å². The van der Waals surface area contributed by atoms with Crippen molar-refractivity contribution >= 4 is 13.7 Å². The van der Waals surface area contributed by atoms with Gasteiger partial charge in [0.15, 0.2) is 0 Å². The fourth-order valence-electron chi connectivity index (χ4n) is 2.22. The number of rotatable bonds is 6. The van der Waals surface area contributed by atoms with Gasteiger partial charge in [-0.1, -0.05) is 42.5 Å². The van der Waals surface area contributed by atoms with Crippen LogP contribution < -0.4 is 0 Å². The predicted molar refractivity (Wildman–Crippen MR) is 75.2 cm³/mol. The Labute approximate surface area is 113 Å². The molecule has 0 spiro atoms. The molecule has 5 heteroatoms. The highest BCUT2D eigenvalue weighted by molar-refractivity contribution is 7.55. The number of benzene rings is 1. The molecule has 0 saturated heterocycles. The quantitative estimate of drug-likeness (QED) is 0.751. The first-order valence-electron chi connectivity index (χ1n) is 6.11. The van der Waals surface area contributed by atoms with E-state index in [2.05, 4.69) is 0 Å². The Morgan fingerprint density at radius 1 is 1.21 bits per heavy atom. The molecule has 2 rings (SSSR count). The van der Waals surface area contributed by atoms with Crippen LogP contribution in [0.5, 0.6) is 0 Å². The zero-order chi connectivity index (χ0) is 13.9. The van der Waals surface area contributed by atoms with E-state index in [4.69, 9.17) is 13.8 Å². The molecule has 19 heavy (non-hydrogen) atoms. The molecule has 0 radical (unpaired) electrons. The SMILES string of the molecule is CO[C@]1(/C=C/c2ccccc2)C[C@H]1P(=O)(OC)OC. The summed E-state index contributed by atoms with van der Waals surface area (Å²) in [5, 5.41) is 0. The van der Waals surface area contributed by atoms with Crippen molar-refractivity contribution in [2.24, 2.45) is 0 Å². The van der Waals surface area contributed by atoms with E-state index < -0.39 is 13.2 Å². The molecule has 4 nitrogen and oxygen atoms in total. The summed E-state index contributed by atoms with van der Waals surface area (Å²) >= 11 is 0. The van der Waals surface area contributed by atoms with E-state index in [0.717, 1.165) is 5.56 Å². The molecule has 0 aromatic heterocycles. The maximum Gasteiger partial charge on any atom is 0.336 e. The van der Waals surface area contributed by atoms with Gasteiger partial charge in [0.05, 0.1) is 5.66 Å². The van der Waals surface area contributed by atoms with Gasteiger partial charge in [-0.25, -0.2) is 0 Å². The van der Waals surface area contributed by atoms with Crippen LogP contribution in [0, 0.1) is 0 Å². The van der Waals surface area contributed by atoms with E-state index in [9.17, 15) is 4.57 Å². The van der Waals surface area contributed by atoms with Gasteiger partial charge < -0.3 is 13.8 Å². The van der Waals surface area contributed by atoms with Gasteiger partial charge in [0.1, 0.15) is 5.60 Å². The van der Waals surface area contributed by atoms with Crippen LogP contribution >= 0.6 is 7.60 Å². The standard InChI is InChI=1S/C14H19O4P/c1-16-14(10-9-12-7-5-4-6-8-12)11-13(14)19(15,17-2)18-3/h4-10,13H,11H2,1-3H3/b10-9+/t13-,14-/m1/s1. The number of methoxy groups -OCH3 is 1. The summed E-state index contributed by atoms with van der Waals surface area (Å²) in [5.41, 5.74) is 0.298. The zero-order valence-electron chi connectivity index (χ0n) is 11.4. The lowest BCUT2D eigenvalue weighted by molar-refractivity contribution is 0.118. The van der Waals surface area contributed by atoms with Crippen molar-refractivity contribution in [1.29, 1.82) is 0 Å².